The van der Waals surface area contributed by atoms with Gasteiger partial charge >= 0.3 is 5.00 Å². The summed E-state index contributed by atoms with van der Waals surface area (Å²) in [6, 6.07) is 7.37. The highest BCUT2D eigenvalue weighted by Crippen LogP contribution is 2.28. The van der Waals surface area contributed by atoms with E-state index in [1.165, 1.54) is 37.3 Å². The van der Waals surface area contributed by atoms with Crippen LogP contribution in [0.5, 0.6) is 5.75 Å². The Kier molecular flexibility index (Phi) is 5.94. The van der Waals surface area contributed by atoms with Gasteiger partial charge in [0.05, 0.1) is 29.1 Å². The maximum atomic E-state index is 12.2. The molecule has 0 spiro atoms. The highest BCUT2D eigenvalue weighted by molar-refractivity contribution is 7.17. The Balaban J connectivity index is 2.03. The van der Waals surface area contributed by atoms with Crippen molar-refractivity contribution >= 4 is 45.4 Å². The standard InChI is InChI=1S/C15H14ClN3O5S/c1-18(15(21)12-5-6-14(25-12)19(22)23)8-13(20)17-10-7-9(16)3-4-11(10)24-2/h3-7H,8H2,1-2H3,(H,17,20). The molecule has 2 rings (SSSR count). The SMILES string of the molecule is COc1ccc(Cl)cc1NC(=O)CN(C)C(=O)c1ccc([N+](=O)[O-])s1. The van der Waals surface area contributed by atoms with Crippen LogP contribution in [0.4, 0.5) is 10.7 Å². The molecule has 0 aliphatic carbocycles. The van der Waals surface area contributed by atoms with Crippen LogP contribution < -0.4 is 10.1 Å². The first-order chi connectivity index (χ1) is 11.8. The van der Waals surface area contributed by atoms with Gasteiger partial charge < -0.3 is 15.0 Å². The predicted molar refractivity (Wildman–Crippen MR) is 94.6 cm³/mol. The van der Waals surface area contributed by atoms with E-state index in [1.54, 1.807) is 12.1 Å². The van der Waals surface area contributed by atoms with Crippen molar-refractivity contribution in [2.45, 2.75) is 0 Å². The summed E-state index contributed by atoms with van der Waals surface area (Å²) in [5.41, 5.74) is 0.382. The lowest BCUT2D eigenvalue weighted by atomic mass is 10.3. The molecule has 132 valence electrons. The minimum atomic E-state index is -0.570. The molecule has 0 fully saturated rings. The average molecular weight is 384 g/mol. The van der Waals surface area contributed by atoms with Crippen molar-refractivity contribution in [1.82, 2.24) is 4.90 Å². The molecule has 0 saturated carbocycles. The number of nitrogens with one attached hydrogen (secondary N) is 1. The Morgan fingerprint density at radius 2 is 2.08 bits per heavy atom. The molecular weight excluding hydrogens is 370 g/mol. The van der Waals surface area contributed by atoms with Gasteiger partial charge in [0.25, 0.3) is 5.91 Å². The summed E-state index contributed by atoms with van der Waals surface area (Å²) in [5, 5.41) is 13.6. The van der Waals surface area contributed by atoms with Gasteiger partial charge in [0.1, 0.15) is 5.75 Å². The number of rotatable bonds is 6. The number of benzene rings is 1. The first-order valence-electron chi connectivity index (χ1n) is 6.95. The summed E-state index contributed by atoms with van der Waals surface area (Å²) in [6.45, 7) is -0.236. The fourth-order valence-corrected chi connectivity index (χ4v) is 2.97. The molecule has 2 amide bonds. The third-order valence-corrected chi connectivity index (χ3v) is 4.41. The molecular formula is C15H14ClN3O5S. The Hall–Kier alpha value is -2.65. The van der Waals surface area contributed by atoms with Crippen molar-refractivity contribution < 1.29 is 19.2 Å². The van der Waals surface area contributed by atoms with Crippen LogP contribution in [0.1, 0.15) is 9.67 Å². The van der Waals surface area contributed by atoms with Gasteiger partial charge in [-0.2, -0.15) is 0 Å². The second kappa shape index (κ2) is 7.95. The molecule has 1 N–H and O–H groups in total. The van der Waals surface area contributed by atoms with E-state index in [0.717, 1.165) is 11.3 Å². The monoisotopic (exact) mass is 383 g/mol. The van der Waals surface area contributed by atoms with Gasteiger partial charge in [-0.3, -0.25) is 19.7 Å². The lowest BCUT2D eigenvalue weighted by molar-refractivity contribution is -0.380. The van der Waals surface area contributed by atoms with Crippen molar-refractivity contribution in [3.05, 3.63) is 50.3 Å². The van der Waals surface area contributed by atoms with Gasteiger partial charge in [-0.25, -0.2) is 0 Å². The van der Waals surface area contributed by atoms with Gasteiger partial charge in [-0.05, 0) is 24.3 Å². The number of ether oxygens (including phenoxy) is 1. The second-order valence-corrected chi connectivity index (χ2v) is 6.45. The minimum absolute atomic E-state index is 0.134. The predicted octanol–water partition coefficient (Wildman–Crippen LogP) is 3.03. The zero-order chi connectivity index (χ0) is 18.6. The van der Waals surface area contributed by atoms with Crippen LogP contribution in [0.3, 0.4) is 0 Å². The van der Waals surface area contributed by atoms with Crippen molar-refractivity contribution in [2.75, 3.05) is 26.0 Å². The van der Waals surface area contributed by atoms with E-state index in [2.05, 4.69) is 5.32 Å². The first kappa shape index (κ1) is 18.7. The number of nitrogens with zero attached hydrogens (tertiary/aromatic N) is 2. The van der Waals surface area contributed by atoms with Gasteiger partial charge in [0.15, 0.2) is 0 Å². The Morgan fingerprint density at radius 1 is 1.36 bits per heavy atom. The van der Waals surface area contributed by atoms with E-state index in [4.69, 9.17) is 16.3 Å². The van der Waals surface area contributed by atoms with E-state index < -0.39 is 16.7 Å². The number of methoxy groups -OCH3 is 1. The van der Waals surface area contributed by atoms with Crippen molar-refractivity contribution in [2.24, 2.45) is 0 Å². The summed E-state index contributed by atoms with van der Waals surface area (Å²) >= 11 is 6.65. The number of hydrogen-bond donors (Lipinski definition) is 1. The number of amides is 2. The molecule has 0 saturated heterocycles. The van der Waals surface area contributed by atoms with E-state index in [0.29, 0.717) is 16.5 Å². The molecule has 0 bridgehead atoms. The van der Waals surface area contributed by atoms with E-state index in [-0.39, 0.29) is 16.4 Å². The van der Waals surface area contributed by atoms with Crippen LogP contribution in [-0.2, 0) is 4.79 Å². The number of nitro groups is 1. The minimum Gasteiger partial charge on any atom is -0.495 e. The Labute approximate surface area is 152 Å². The molecule has 0 aliphatic rings. The van der Waals surface area contributed by atoms with Crippen molar-refractivity contribution in [3.63, 3.8) is 0 Å². The lowest BCUT2D eigenvalue weighted by Gasteiger charge is -2.16. The number of carbonyl (C=O) groups is 2. The zero-order valence-electron chi connectivity index (χ0n) is 13.3. The van der Waals surface area contributed by atoms with E-state index in [9.17, 15) is 19.7 Å². The van der Waals surface area contributed by atoms with Crippen LogP contribution in [0.25, 0.3) is 0 Å². The van der Waals surface area contributed by atoms with Gasteiger partial charge in [0.2, 0.25) is 5.91 Å². The van der Waals surface area contributed by atoms with Crippen molar-refractivity contribution in [1.29, 1.82) is 0 Å². The largest absolute Gasteiger partial charge is 0.495 e. The van der Waals surface area contributed by atoms with Crippen LogP contribution in [0, 0.1) is 10.1 Å². The third-order valence-electron chi connectivity index (χ3n) is 3.15. The highest BCUT2D eigenvalue weighted by Gasteiger charge is 2.20. The molecule has 10 heteroatoms. The normalized spacial score (nSPS) is 10.2. The molecule has 1 heterocycles. The molecule has 0 atom stereocenters. The molecule has 2 aromatic rings. The number of carbonyl (C=O) groups excluding carboxylic acids is 2. The van der Waals surface area contributed by atoms with Gasteiger partial charge in [0, 0.05) is 18.1 Å². The number of anilines is 1. The smallest absolute Gasteiger partial charge is 0.324 e. The highest BCUT2D eigenvalue weighted by atomic mass is 35.5. The molecule has 8 nitrogen and oxygen atoms in total. The number of thiophene rings is 1. The fraction of sp³-hybridized carbons (Fsp3) is 0.200. The topological polar surface area (TPSA) is 102 Å². The van der Waals surface area contributed by atoms with Gasteiger partial charge in [-0.1, -0.05) is 22.9 Å². The number of halogens is 1. The molecule has 0 aliphatic heterocycles. The summed E-state index contributed by atoms with van der Waals surface area (Å²) < 4.78 is 5.13. The number of hydrogen-bond acceptors (Lipinski definition) is 6. The molecule has 1 aromatic heterocycles. The summed E-state index contributed by atoms with van der Waals surface area (Å²) in [5.74, 6) is -0.505. The van der Waals surface area contributed by atoms with E-state index in [1.807, 2.05) is 0 Å². The number of likely N-dealkylation sites (N-methyl/N-ethyl adjacent to an activating group) is 1. The summed E-state index contributed by atoms with van der Waals surface area (Å²) in [4.78, 5) is 35.8. The van der Waals surface area contributed by atoms with Crippen LogP contribution in [-0.4, -0.2) is 42.3 Å². The molecule has 1 aromatic carbocycles. The lowest BCUT2D eigenvalue weighted by Crippen LogP contribution is -2.34. The fourth-order valence-electron chi connectivity index (χ4n) is 1.98. The zero-order valence-corrected chi connectivity index (χ0v) is 14.9. The van der Waals surface area contributed by atoms with Crippen LogP contribution in [0.15, 0.2) is 30.3 Å². The first-order valence-corrected chi connectivity index (χ1v) is 8.14. The Morgan fingerprint density at radius 3 is 2.68 bits per heavy atom. The summed E-state index contributed by atoms with van der Waals surface area (Å²) in [7, 11) is 2.89. The van der Waals surface area contributed by atoms with Crippen molar-refractivity contribution in [3.8, 4) is 5.75 Å². The van der Waals surface area contributed by atoms with Crippen LogP contribution >= 0.6 is 22.9 Å². The van der Waals surface area contributed by atoms with Crippen LogP contribution in [0.2, 0.25) is 5.02 Å². The van der Waals surface area contributed by atoms with Gasteiger partial charge in [-0.15, -0.1) is 0 Å². The molecule has 0 radical (unpaired) electrons. The Bertz CT molecular complexity index is 823. The second-order valence-electron chi connectivity index (χ2n) is 4.95. The third kappa shape index (κ3) is 4.68. The molecule has 25 heavy (non-hydrogen) atoms. The maximum Gasteiger partial charge on any atom is 0.324 e. The molecule has 0 unspecified atom stereocenters. The quantitative estimate of drug-likeness (QED) is 0.610. The van der Waals surface area contributed by atoms with E-state index >= 15 is 0 Å². The average Bonchev–Trinajstić information content (AvgIpc) is 3.04. The summed E-state index contributed by atoms with van der Waals surface area (Å²) in [6.07, 6.45) is 0. The maximum absolute atomic E-state index is 12.2.